The minimum atomic E-state index is -3.65. The van der Waals surface area contributed by atoms with Gasteiger partial charge >= 0.3 is 6.09 Å². The number of rotatable bonds is 6. The lowest BCUT2D eigenvalue weighted by molar-refractivity contribution is 0.102. The monoisotopic (exact) mass is 556 g/mol. The van der Waals surface area contributed by atoms with Crippen LogP contribution in [0.4, 0.5) is 22.2 Å². The van der Waals surface area contributed by atoms with Gasteiger partial charge in [0.2, 0.25) is 0 Å². The molecule has 2 amide bonds. The van der Waals surface area contributed by atoms with Crippen molar-refractivity contribution in [3.05, 3.63) is 30.1 Å². The standard InChI is InChI=1S/C27H36N6O5S/c1-25(2,3)17-39(36,37)20-8-6-7-18(29-20)30-23(34)21-22(32-13-11-27(9-10-27)12-14-32)31-19(15-28-21)33-24(35)38-16-26(33,4)5/h6-8,15H,9-14,16-17H2,1-5H3,(H,29,30,34). The predicted octanol–water partition coefficient (Wildman–Crippen LogP) is 4.06. The average molecular weight is 557 g/mol. The number of cyclic esters (lactones) is 1. The van der Waals surface area contributed by atoms with Gasteiger partial charge in [-0.05, 0) is 62.5 Å². The van der Waals surface area contributed by atoms with Gasteiger partial charge in [0.1, 0.15) is 12.4 Å². The molecule has 4 heterocycles. The molecule has 1 N–H and O–H groups in total. The lowest BCUT2D eigenvalue weighted by Crippen LogP contribution is -2.43. The van der Waals surface area contributed by atoms with Gasteiger partial charge in [0.15, 0.2) is 32.2 Å². The molecule has 210 valence electrons. The van der Waals surface area contributed by atoms with Crippen LogP contribution >= 0.6 is 0 Å². The number of piperidine rings is 1. The SMILES string of the molecule is CC(C)(C)CS(=O)(=O)c1cccc(NC(=O)c2ncc(N3C(=O)OCC3(C)C)nc2N2CCC3(CC2)CC3)n1. The van der Waals surface area contributed by atoms with Crippen LogP contribution in [-0.4, -0.2) is 66.4 Å². The van der Waals surface area contributed by atoms with Gasteiger partial charge in [0.05, 0.1) is 17.5 Å². The van der Waals surface area contributed by atoms with E-state index < -0.39 is 32.8 Å². The zero-order valence-electron chi connectivity index (χ0n) is 23.2. The average Bonchev–Trinajstić information content (AvgIpc) is 3.54. The van der Waals surface area contributed by atoms with Crippen LogP contribution in [0.3, 0.4) is 0 Å². The van der Waals surface area contributed by atoms with Crippen molar-refractivity contribution in [2.24, 2.45) is 10.8 Å². The van der Waals surface area contributed by atoms with Crippen LogP contribution in [0, 0.1) is 10.8 Å². The van der Waals surface area contributed by atoms with Crippen molar-refractivity contribution in [3.8, 4) is 0 Å². The van der Waals surface area contributed by atoms with Gasteiger partial charge in [0, 0.05) is 13.1 Å². The fraction of sp³-hybridized carbons (Fsp3) is 0.593. The second-order valence-electron chi connectivity index (χ2n) is 12.7. The van der Waals surface area contributed by atoms with E-state index in [4.69, 9.17) is 9.72 Å². The van der Waals surface area contributed by atoms with Gasteiger partial charge in [-0.25, -0.2) is 28.2 Å². The van der Waals surface area contributed by atoms with E-state index in [1.165, 1.54) is 36.1 Å². The summed E-state index contributed by atoms with van der Waals surface area (Å²) in [6.45, 7) is 11.0. The van der Waals surface area contributed by atoms with E-state index in [0.717, 1.165) is 25.9 Å². The van der Waals surface area contributed by atoms with E-state index in [1.807, 2.05) is 39.5 Å². The molecule has 3 aliphatic rings. The fourth-order valence-corrected chi connectivity index (χ4v) is 7.04. The maximum absolute atomic E-state index is 13.5. The third-order valence-electron chi connectivity index (χ3n) is 7.51. The summed E-state index contributed by atoms with van der Waals surface area (Å²) in [7, 11) is -3.65. The number of pyridine rings is 1. The number of sulfone groups is 1. The summed E-state index contributed by atoms with van der Waals surface area (Å²) in [4.78, 5) is 43.0. The molecule has 12 heteroatoms. The van der Waals surface area contributed by atoms with Gasteiger partial charge in [0.25, 0.3) is 5.91 Å². The van der Waals surface area contributed by atoms with Crippen molar-refractivity contribution in [2.75, 3.05) is 40.6 Å². The second-order valence-corrected chi connectivity index (χ2v) is 14.7. The van der Waals surface area contributed by atoms with Crippen molar-refractivity contribution >= 4 is 39.3 Å². The summed E-state index contributed by atoms with van der Waals surface area (Å²) < 4.78 is 31.0. The Morgan fingerprint density at radius 1 is 1.10 bits per heavy atom. The second kappa shape index (κ2) is 9.42. The summed E-state index contributed by atoms with van der Waals surface area (Å²) in [6.07, 6.45) is 5.36. The van der Waals surface area contributed by atoms with E-state index in [-0.39, 0.29) is 28.9 Å². The number of nitrogens with zero attached hydrogens (tertiary/aromatic N) is 5. The fourth-order valence-electron chi connectivity index (χ4n) is 5.22. The van der Waals surface area contributed by atoms with Crippen LogP contribution in [0.1, 0.15) is 70.8 Å². The van der Waals surface area contributed by atoms with Gasteiger partial charge in [-0.1, -0.05) is 26.8 Å². The van der Waals surface area contributed by atoms with E-state index in [0.29, 0.717) is 17.1 Å². The molecule has 2 aliphatic heterocycles. The molecule has 2 aromatic rings. The highest BCUT2D eigenvalue weighted by atomic mass is 32.2. The summed E-state index contributed by atoms with van der Waals surface area (Å²) in [5.74, 6) is 0.165. The molecule has 11 nitrogen and oxygen atoms in total. The number of nitrogens with one attached hydrogen (secondary N) is 1. The van der Waals surface area contributed by atoms with E-state index >= 15 is 0 Å². The Balaban J connectivity index is 1.45. The highest BCUT2D eigenvalue weighted by molar-refractivity contribution is 7.91. The number of hydrogen-bond donors (Lipinski definition) is 1. The number of amides is 2. The molecule has 0 unspecified atom stereocenters. The molecule has 5 rings (SSSR count). The molecular formula is C27H36N6O5S. The molecule has 0 radical (unpaired) electrons. The third-order valence-corrected chi connectivity index (χ3v) is 9.62. The first-order valence-electron chi connectivity index (χ1n) is 13.3. The Morgan fingerprint density at radius 2 is 1.79 bits per heavy atom. The number of carbonyl (C=O) groups excluding carboxylic acids is 2. The number of anilines is 3. The molecule has 1 saturated carbocycles. The van der Waals surface area contributed by atoms with E-state index in [9.17, 15) is 18.0 Å². The van der Waals surface area contributed by atoms with Gasteiger partial charge < -0.3 is 15.0 Å². The van der Waals surface area contributed by atoms with Crippen LogP contribution in [0.5, 0.6) is 0 Å². The first-order valence-corrected chi connectivity index (χ1v) is 14.9. The molecule has 2 saturated heterocycles. The van der Waals surface area contributed by atoms with Crippen molar-refractivity contribution in [3.63, 3.8) is 0 Å². The molecule has 2 aromatic heterocycles. The molecule has 3 fully saturated rings. The van der Waals surface area contributed by atoms with Crippen molar-refractivity contribution in [1.29, 1.82) is 0 Å². The zero-order valence-corrected chi connectivity index (χ0v) is 24.0. The van der Waals surface area contributed by atoms with Crippen LogP contribution < -0.4 is 15.1 Å². The number of hydrogen-bond acceptors (Lipinski definition) is 9. The molecule has 1 aliphatic carbocycles. The summed E-state index contributed by atoms with van der Waals surface area (Å²) in [5, 5.41) is 2.61. The van der Waals surface area contributed by atoms with E-state index in [1.54, 1.807) is 6.07 Å². The van der Waals surface area contributed by atoms with Crippen molar-refractivity contribution < 1.29 is 22.7 Å². The first-order chi connectivity index (χ1) is 18.2. The Labute approximate surface area is 229 Å². The lowest BCUT2D eigenvalue weighted by Gasteiger charge is -2.34. The first kappa shape index (κ1) is 27.3. The summed E-state index contributed by atoms with van der Waals surface area (Å²) in [6, 6.07) is 4.51. The largest absolute Gasteiger partial charge is 0.447 e. The number of ether oxygens (including phenoxy) is 1. The van der Waals surface area contributed by atoms with Gasteiger partial charge in [-0.3, -0.25) is 9.69 Å². The minimum absolute atomic E-state index is 0.0762. The number of carbonyl (C=O) groups is 2. The topological polar surface area (TPSA) is 135 Å². The third kappa shape index (κ3) is 5.70. The smallest absolute Gasteiger partial charge is 0.416 e. The van der Waals surface area contributed by atoms with Crippen LogP contribution in [0.2, 0.25) is 0 Å². The minimum Gasteiger partial charge on any atom is -0.447 e. The zero-order chi connectivity index (χ0) is 28.2. The maximum Gasteiger partial charge on any atom is 0.416 e. The molecule has 1 spiro atoms. The Hall–Kier alpha value is -3.28. The molecule has 39 heavy (non-hydrogen) atoms. The molecule has 0 bridgehead atoms. The number of aromatic nitrogens is 3. The quantitative estimate of drug-likeness (QED) is 0.559. The highest BCUT2D eigenvalue weighted by Gasteiger charge is 2.46. The van der Waals surface area contributed by atoms with E-state index in [2.05, 4.69) is 15.3 Å². The van der Waals surface area contributed by atoms with Crippen LogP contribution in [0.15, 0.2) is 29.4 Å². The maximum atomic E-state index is 13.5. The summed E-state index contributed by atoms with van der Waals surface area (Å²) >= 11 is 0. The Bertz CT molecular complexity index is 1400. The lowest BCUT2D eigenvalue weighted by atomic mass is 9.93. The highest BCUT2D eigenvalue weighted by Crippen LogP contribution is 2.54. The van der Waals surface area contributed by atoms with Crippen LogP contribution in [0.25, 0.3) is 0 Å². The molecular weight excluding hydrogens is 520 g/mol. The van der Waals surface area contributed by atoms with Crippen molar-refractivity contribution in [2.45, 2.75) is 70.9 Å². The van der Waals surface area contributed by atoms with Gasteiger partial charge in [-0.15, -0.1) is 0 Å². The Kier molecular flexibility index (Phi) is 6.60. The van der Waals surface area contributed by atoms with Gasteiger partial charge in [-0.2, -0.15) is 0 Å². The predicted molar refractivity (Wildman–Crippen MR) is 147 cm³/mol. The molecule has 0 aromatic carbocycles. The normalized spacial score (nSPS) is 20.2. The van der Waals surface area contributed by atoms with Crippen molar-refractivity contribution in [1.82, 2.24) is 15.0 Å². The van der Waals surface area contributed by atoms with Crippen LogP contribution in [-0.2, 0) is 14.6 Å². The Morgan fingerprint density at radius 3 is 2.38 bits per heavy atom. The summed E-state index contributed by atoms with van der Waals surface area (Å²) in [5.41, 5.74) is -0.570. The molecule has 0 atom stereocenters.